The zero-order chi connectivity index (χ0) is 16.4. The van der Waals surface area contributed by atoms with Crippen molar-refractivity contribution in [1.29, 1.82) is 0 Å². The molecule has 2 aliphatic heterocycles. The van der Waals surface area contributed by atoms with E-state index in [-0.39, 0.29) is 18.0 Å². The van der Waals surface area contributed by atoms with Crippen LogP contribution in [0.5, 0.6) is 0 Å². The molecule has 1 amide bonds. The molecule has 0 aliphatic carbocycles. The van der Waals surface area contributed by atoms with E-state index in [4.69, 9.17) is 0 Å². The number of aromatic nitrogens is 1. The molecule has 2 N–H and O–H groups in total. The van der Waals surface area contributed by atoms with Crippen LogP contribution >= 0.6 is 11.3 Å². The lowest BCUT2D eigenvalue weighted by molar-refractivity contribution is -0.133. The first kappa shape index (κ1) is 15.6. The van der Waals surface area contributed by atoms with Gasteiger partial charge >= 0.3 is 0 Å². The molecule has 0 saturated carbocycles. The van der Waals surface area contributed by atoms with E-state index in [1.807, 2.05) is 34.7 Å². The number of benzene rings is 1. The van der Waals surface area contributed by atoms with Crippen LogP contribution in [0.1, 0.15) is 18.0 Å². The number of hydrogen-bond acceptors (Lipinski definition) is 6. The van der Waals surface area contributed by atoms with E-state index in [1.54, 1.807) is 11.3 Å². The molecule has 1 aromatic heterocycles. The number of nitrogens with zero attached hydrogens (tertiary/aromatic N) is 3. The van der Waals surface area contributed by atoms with Crippen molar-refractivity contribution in [3.8, 4) is 0 Å². The molecule has 2 saturated heterocycles. The first-order chi connectivity index (χ1) is 11.8. The van der Waals surface area contributed by atoms with Gasteiger partial charge < -0.3 is 9.80 Å². The van der Waals surface area contributed by atoms with Crippen LogP contribution in [-0.2, 0) is 4.79 Å². The lowest BCUT2D eigenvalue weighted by atomic mass is 10.0. The summed E-state index contributed by atoms with van der Waals surface area (Å²) >= 11 is 1.65. The van der Waals surface area contributed by atoms with Gasteiger partial charge in [0, 0.05) is 43.8 Å². The number of hydrogen-bond donors (Lipinski definition) is 2. The fraction of sp³-hybridized carbons (Fsp3) is 0.412. The third-order valence-electron chi connectivity index (χ3n) is 4.68. The van der Waals surface area contributed by atoms with E-state index in [0.29, 0.717) is 0 Å². The first-order valence-corrected chi connectivity index (χ1v) is 9.18. The molecule has 2 fully saturated rings. The summed E-state index contributed by atoms with van der Waals surface area (Å²) in [6, 6.07) is 10.3. The number of hydrazine groups is 1. The number of anilines is 1. The van der Waals surface area contributed by atoms with Gasteiger partial charge in [0.25, 0.3) is 0 Å². The van der Waals surface area contributed by atoms with Gasteiger partial charge in [-0.1, -0.05) is 30.3 Å². The minimum atomic E-state index is -0.151. The van der Waals surface area contributed by atoms with E-state index >= 15 is 0 Å². The van der Waals surface area contributed by atoms with Gasteiger partial charge in [-0.25, -0.2) is 15.8 Å². The van der Waals surface area contributed by atoms with Crippen LogP contribution in [0.25, 0.3) is 0 Å². The van der Waals surface area contributed by atoms with Crippen molar-refractivity contribution in [3.05, 3.63) is 47.5 Å². The zero-order valence-electron chi connectivity index (χ0n) is 13.4. The Balaban J connectivity index is 1.32. The van der Waals surface area contributed by atoms with Gasteiger partial charge in [0.05, 0.1) is 0 Å². The van der Waals surface area contributed by atoms with Gasteiger partial charge in [-0.15, -0.1) is 11.3 Å². The SMILES string of the molecule is O=C(C1CC(c2ccccc2)NN1)N1CCN(c2nccs2)CC1. The summed E-state index contributed by atoms with van der Waals surface area (Å²) in [6.45, 7) is 3.21. The van der Waals surface area contributed by atoms with Crippen LogP contribution < -0.4 is 15.8 Å². The van der Waals surface area contributed by atoms with Gasteiger partial charge in [-0.3, -0.25) is 4.79 Å². The average molecular weight is 343 g/mol. The summed E-state index contributed by atoms with van der Waals surface area (Å²) in [5, 5.41) is 3.04. The Bertz CT molecular complexity index is 670. The molecule has 6 nitrogen and oxygen atoms in total. The Morgan fingerprint density at radius 3 is 2.62 bits per heavy atom. The zero-order valence-corrected chi connectivity index (χ0v) is 14.2. The maximum atomic E-state index is 12.8. The van der Waals surface area contributed by atoms with E-state index in [9.17, 15) is 4.79 Å². The highest BCUT2D eigenvalue weighted by molar-refractivity contribution is 7.13. The second kappa shape index (κ2) is 6.88. The van der Waals surface area contributed by atoms with Crippen molar-refractivity contribution in [2.24, 2.45) is 0 Å². The monoisotopic (exact) mass is 343 g/mol. The molecule has 3 heterocycles. The molecule has 2 atom stereocenters. The Morgan fingerprint density at radius 1 is 1.12 bits per heavy atom. The summed E-state index contributed by atoms with van der Waals surface area (Å²) in [5.41, 5.74) is 7.65. The van der Waals surface area contributed by atoms with E-state index in [0.717, 1.165) is 37.7 Å². The number of carbonyl (C=O) groups is 1. The highest BCUT2D eigenvalue weighted by atomic mass is 32.1. The van der Waals surface area contributed by atoms with E-state index < -0.39 is 0 Å². The smallest absolute Gasteiger partial charge is 0.241 e. The Hall–Kier alpha value is -1.96. The van der Waals surface area contributed by atoms with Crippen molar-refractivity contribution in [2.45, 2.75) is 18.5 Å². The van der Waals surface area contributed by atoms with Crippen molar-refractivity contribution in [3.63, 3.8) is 0 Å². The number of amides is 1. The molecule has 2 unspecified atom stereocenters. The molecule has 0 bridgehead atoms. The summed E-state index contributed by atoms with van der Waals surface area (Å²) < 4.78 is 0. The molecule has 1 aromatic carbocycles. The average Bonchev–Trinajstić information content (AvgIpc) is 3.34. The lowest BCUT2D eigenvalue weighted by Crippen LogP contribution is -2.53. The van der Waals surface area contributed by atoms with Crippen LogP contribution in [0.2, 0.25) is 0 Å². The van der Waals surface area contributed by atoms with Crippen LogP contribution in [0, 0.1) is 0 Å². The quantitative estimate of drug-likeness (QED) is 0.882. The molecule has 2 aromatic rings. The molecule has 2 aliphatic rings. The van der Waals surface area contributed by atoms with Crippen molar-refractivity contribution < 1.29 is 4.79 Å². The van der Waals surface area contributed by atoms with Gasteiger partial charge in [-0.2, -0.15) is 0 Å². The summed E-state index contributed by atoms with van der Waals surface area (Å²) in [5.74, 6) is 0.194. The molecule has 4 rings (SSSR count). The maximum Gasteiger partial charge on any atom is 0.241 e. The summed E-state index contributed by atoms with van der Waals surface area (Å²) in [6.07, 6.45) is 2.62. The fourth-order valence-corrected chi connectivity index (χ4v) is 4.03. The van der Waals surface area contributed by atoms with Crippen molar-refractivity contribution in [2.75, 3.05) is 31.1 Å². The molecule has 0 radical (unpaired) electrons. The highest BCUT2D eigenvalue weighted by Gasteiger charge is 2.34. The number of piperazine rings is 1. The van der Waals surface area contributed by atoms with Crippen LogP contribution in [0.4, 0.5) is 5.13 Å². The predicted octanol–water partition coefficient (Wildman–Crippen LogP) is 1.40. The van der Waals surface area contributed by atoms with E-state index in [1.165, 1.54) is 5.56 Å². The largest absolute Gasteiger partial charge is 0.345 e. The van der Waals surface area contributed by atoms with Crippen LogP contribution in [0.3, 0.4) is 0 Å². The van der Waals surface area contributed by atoms with Gasteiger partial charge in [0.2, 0.25) is 5.91 Å². The van der Waals surface area contributed by atoms with Gasteiger partial charge in [0.15, 0.2) is 5.13 Å². The van der Waals surface area contributed by atoms with E-state index in [2.05, 4.69) is 32.9 Å². The Kier molecular flexibility index (Phi) is 4.46. The summed E-state index contributed by atoms with van der Waals surface area (Å²) in [4.78, 5) is 21.3. The van der Waals surface area contributed by atoms with Crippen molar-refractivity contribution in [1.82, 2.24) is 20.7 Å². The van der Waals surface area contributed by atoms with Crippen molar-refractivity contribution >= 4 is 22.4 Å². The number of thiazole rings is 1. The maximum absolute atomic E-state index is 12.8. The second-order valence-electron chi connectivity index (χ2n) is 6.17. The Morgan fingerprint density at radius 2 is 1.92 bits per heavy atom. The molecular formula is C17H21N5OS. The lowest BCUT2D eigenvalue weighted by Gasteiger charge is -2.35. The van der Waals surface area contributed by atoms with Gasteiger partial charge in [0.1, 0.15) is 6.04 Å². The fourth-order valence-electron chi connectivity index (χ4n) is 3.33. The van der Waals surface area contributed by atoms with Crippen LogP contribution in [0.15, 0.2) is 41.9 Å². The Labute approximate surface area is 145 Å². The van der Waals surface area contributed by atoms with Crippen LogP contribution in [-0.4, -0.2) is 48.0 Å². The molecular weight excluding hydrogens is 322 g/mol. The molecule has 7 heteroatoms. The third-order valence-corrected chi connectivity index (χ3v) is 5.52. The highest BCUT2D eigenvalue weighted by Crippen LogP contribution is 2.24. The first-order valence-electron chi connectivity index (χ1n) is 8.30. The minimum absolute atomic E-state index is 0.151. The third kappa shape index (κ3) is 3.15. The summed E-state index contributed by atoms with van der Waals surface area (Å²) in [7, 11) is 0. The number of nitrogens with one attached hydrogen (secondary N) is 2. The second-order valence-corrected chi connectivity index (χ2v) is 7.04. The number of rotatable bonds is 3. The van der Waals surface area contributed by atoms with Gasteiger partial charge in [-0.05, 0) is 12.0 Å². The minimum Gasteiger partial charge on any atom is -0.345 e. The molecule has 126 valence electrons. The normalized spacial score (nSPS) is 24.3. The number of carbonyl (C=O) groups excluding carboxylic acids is 1. The topological polar surface area (TPSA) is 60.5 Å². The molecule has 0 spiro atoms. The molecule has 24 heavy (non-hydrogen) atoms. The predicted molar refractivity (Wildman–Crippen MR) is 94.8 cm³/mol. The standard InChI is InChI=1S/C17H21N5OS/c23-16(15-12-14(19-20-15)13-4-2-1-3-5-13)21-7-9-22(10-8-21)17-18-6-11-24-17/h1-6,11,14-15,19-20H,7-10,12H2.